The summed E-state index contributed by atoms with van der Waals surface area (Å²) in [6, 6.07) is 12.8. The number of hydrogen-bond donors (Lipinski definition) is 1. The van der Waals surface area contributed by atoms with Crippen LogP contribution in [0, 0.1) is 11.3 Å². The Hall–Kier alpha value is -1.63. The molecule has 1 N–H and O–H groups in total. The van der Waals surface area contributed by atoms with Gasteiger partial charge >= 0.3 is 0 Å². The van der Waals surface area contributed by atoms with Crippen LogP contribution in [0.1, 0.15) is 36.6 Å². The lowest BCUT2D eigenvalue weighted by Gasteiger charge is -2.20. The molecular formula is C16H18N2S. The van der Waals surface area contributed by atoms with Crippen molar-refractivity contribution in [1.82, 2.24) is 5.32 Å². The standard InChI is InChI=1S/C16H18N2S/c1-12(8-15-6-7-19-11-15)18-13(2)16-5-3-4-14(9-16)10-17/h3-7,9,11-13,18H,8H2,1-2H3. The summed E-state index contributed by atoms with van der Waals surface area (Å²) < 4.78 is 0. The van der Waals surface area contributed by atoms with Gasteiger partial charge in [0.15, 0.2) is 0 Å². The molecule has 0 aliphatic carbocycles. The summed E-state index contributed by atoms with van der Waals surface area (Å²) in [5.74, 6) is 0. The molecule has 1 aromatic carbocycles. The molecule has 2 rings (SSSR count). The largest absolute Gasteiger partial charge is 0.307 e. The number of benzene rings is 1. The molecular weight excluding hydrogens is 252 g/mol. The first kappa shape index (κ1) is 13.8. The second kappa shape index (κ2) is 6.51. The summed E-state index contributed by atoms with van der Waals surface area (Å²) in [7, 11) is 0. The zero-order valence-electron chi connectivity index (χ0n) is 11.3. The van der Waals surface area contributed by atoms with Crippen molar-refractivity contribution in [1.29, 1.82) is 5.26 Å². The molecule has 0 aliphatic rings. The Kier molecular flexibility index (Phi) is 4.73. The molecule has 0 spiro atoms. The molecule has 2 atom stereocenters. The average Bonchev–Trinajstić information content (AvgIpc) is 2.91. The maximum absolute atomic E-state index is 8.93. The van der Waals surface area contributed by atoms with Gasteiger partial charge < -0.3 is 5.32 Å². The Balaban J connectivity index is 1.96. The van der Waals surface area contributed by atoms with Gasteiger partial charge in [-0.05, 0) is 60.4 Å². The number of rotatable bonds is 5. The lowest BCUT2D eigenvalue weighted by molar-refractivity contribution is 0.477. The van der Waals surface area contributed by atoms with Crippen LogP contribution in [0.2, 0.25) is 0 Å². The molecule has 1 aromatic heterocycles. The predicted octanol–water partition coefficient (Wildman–Crippen LogP) is 3.90. The van der Waals surface area contributed by atoms with Crippen LogP contribution in [0.15, 0.2) is 41.1 Å². The highest BCUT2D eigenvalue weighted by atomic mass is 32.1. The Morgan fingerprint density at radius 1 is 1.32 bits per heavy atom. The molecule has 2 nitrogen and oxygen atoms in total. The van der Waals surface area contributed by atoms with Gasteiger partial charge in [0.25, 0.3) is 0 Å². The minimum absolute atomic E-state index is 0.252. The second-order valence-electron chi connectivity index (χ2n) is 4.86. The molecule has 2 aromatic rings. The molecule has 2 unspecified atom stereocenters. The maximum atomic E-state index is 8.93. The third kappa shape index (κ3) is 3.92. The number of nitriles is 1. The van der Waals surface area contributed by atoms with Crippen molar-refractivity contribution in [3.8, 4) is 6.07 Å². The monoisotopic (exact) mass is 270 g/mol. The summed E-state index contributed by atoms with van der Waals surface area (Å²) in [5, 5.41) is 16.8. The third-order valence-electron chi connectivity index (χ3n) is 3.17. The predicted molar refractivity (Wildman–Crippen MR) is 80.2 cm³/mol. The van der Waals surface area contributed by atoms with Crippen LogP contribution in [-0.2, 0) is 6.42 Å². The highest BCUT2D eigenvalue weighted by Gasteiger charge is 2.10. The van der Waals surface area contributed by atoms with Crippen LogP contribution in [0.25, 0.3) is 0 Å². The highest BCUT2D eigenvalue weighted by Crippen LogP contribution is 2.16. The van der Waals surface area contributed by atoms with Crippen LogP contribution in [0.5, 0.6) is 0 Å². The first-order valence-electron chi connectivity index (χ1n) is 6.46. The first-order valence-corrected chi connectivity index (χ1v) is 7.40. The molecule has 0 fully saturated rings. The lowest BCUT2D eigenvalue weighted by Crippen LogP contribution is -2.30. The highest BCUT2D eigenvalue weighted by molar-refractivity contribution is 7.07. The van der Waals surface area contributed by atoms with Gasteiger partial charge in [0.1, 0.15) is 0 Å². The molecule has 3 heteroatoms. The minimum Gasteiger partial charge on any atom is -0.307 e. The second-order valence-corrected chi connectivity index (χ2v) is 5.64. The minimum atomic E-state index is 0.252. The zero-order chi connectivity index (χ0) is 13.7. The fourth-order valence-corrected chi connectivity index (χ4v) is 2.90. The van der Waals surface area contributed by atoms with E-state index in [0.717, 1.165) is 17.5 Å². The van der Waals surface area contributed by atoms with E-state index in [-0.39, 0.29) is 6.04 Å². The van der Waals surface area contributed by atoms with Gasteiger partial charge in [-0.3, -0.25) is 0 Å². The Morgan fingerprint density at radius 3 is 2.84 bits per heavy atom. The normalized spacial score (nSPS) is 13.7. The van der Waals surface area contributed by atoms with Crippen molar-refractivity contribution in [2.75, 3.05) is 0 Å². The molecule has 0 radical (unpaired) electrons. The number of hydrogen-bond acceptors (Lipinski definition) is 3. The van der Waals surface area contributed by atoms with E-state index in [1.165, 1.54) is 5.56 Å². The van der Waals surface area contributed by atoms with Crippen LogP contribution >= 0.6 is 11.3 Å². The fourth-order valence-electron chi connectivity index (χ4n) is 2.22. The van der Waals surface area contributed by atoms with Gasteiger partial charge in [-0.1, -0.05) is 12.1 Å². The van der Waals surface area contributed by atoms with Crippen molar-refractivity contribution < 1.29 is 0 Å². The van der Waals surface area contributed by atoms with E-state index in [2.05, 4.69) is 48.1 Å². The topological polar surface area (TPSA) is 35.8 Å². The van der Waals surface area contributed by atoms with Gasteiger partial charge in [-0.25, -0.2) is 0 Å². The van der Waals surface area contributed by atoms with Crippen LogP contribution in [0.4, 0.5) is 0 Å². The van der Waals surface area contributed by atoms with E-state index < -0.39 is 0 Å². The Morgan fingerprint density at radius 2 is 2.16 bits per heavy atom. The summed E-state index contributed by atoms with van der Waals surface area (Å²) in [4.78, 5) is 0. The van der Waals surface area contributed by atoms with Gasteiger partial charge in [0.05, 0.1) is 11.6 Å². The molecule has 0 bridgehead atoms. The SMILES string of the molecule is CC(Cc1ccsc1)NC(C)c1cccc(C#N)c1. The maximum Gasteiger partial charge on any atom is 0.0991 e. The van der Waals surface area contributed by atoms with E-state index in [4.69, 9.17) is 5.26 Å². The van der Waals surface area contributed by atoms with E-state index in [1.54, 1.807) is 11.3 Å². The fraction of sp³-hybridized carbons (Fsp3) is 0.312. The average molecular weight is 270 g/mol. The van der Waals surface area contributed by atoms with Gasteiger partial charge in [-0.2, -0.15) is 16.6 Å². The van der Waals surface area contributed by atoms with E-state index >= 15 is 0 Å². The molecule has 0 aliphatic heterocycles. The summed E-state index contributed by atoms with van der Waals surface area (Å²) in [5.41, 5.74) is 3.26. The summed E-state index contributed by atoms with van der Waals surface area (Å²) >= 11 is 1.74. The zero-order valence-corrected chi connectivity index (χ0v) is 12.1. The summed E-state index contributed by atoms with van der Waals surface area (Å²) in [6.07, 6.45) is 1.03. The van der Waals surface area contributed by atoms with Crippen LogP contribution < -0.4 is 5.32 Å². The van der Waals surface area contributed by atoms with Crippen molar-refractivity contribution >= 4 is 11.3 Å². The van der Waals surface area contributed by atoms with E-state index in [1.807, 2.05) is 18.2 Å². The van der Waals surface area contributed by atoms with E-state index in [0.29, 0.717) is 6.04 Å². The van der Waals surface area contributed by atoms with Gasteiger partial charge in [-0.15, -0.1) is 0 Å². The van der Waals surface area contributed by atoms with Gasteiger partial charge in [0.2, 0.25) is 0 Å². The first-order chi connectivity index (χ1) is 9.19. The quantitative estimate of drug-likeness (QED) is 0.894. The number of nitrogens with one attached hydrogen (secondary N) is 1. The lowest BCUT2D eigenvalue weighted by atomic mass is 10.0. The molecule has 1 heterocycles. The van der Waals surface area contributed by atoms with Gasteiger partial charge in [0, 0.05) is 12.1 Å². The summed E-state index contributed by atoms with van der Waals surface area (Å²) in [6.45, 7) is 4.34. The smallest absolute Gasteiger partial charge is 0.0991 e. The molecule has 0 saturated carbocycles. The number of nitrogens with zero attached hydrogens (tertiary/aromatic N) is 1. The van der Waals surface area contributed by atoms with E-state index in [9.17, 15) is 0 Å². The van der Waals surface area contributed by atoms with Crippen LogP contribution in [-0.4, -0.2) is 6.04 Å². The molecule has 0 saturated heterocycles. The van der Waals surface area contributed by atoms with Crippen molar-refractivity contribution in [2.45, 2.75) is 32.4 Å². The number of thiophene rings is 1. The third-order valence-corrected chi connectivity index (χ3v) is 3.90. The van der Waals surface area contributed by atoms with Crippen molar-refractivity contribution in [2.24, 2.45) is 0 Å². The molecule has 19 heavy (non-hydrogen) atoms. The molecule has 98 valence electrons. The Bertz CT molecular complexity index is 554. The van der Waals surface area contributed by atoms with Crippen molar-refractivity contribution in [3.63, 3.8) is 0 Å². The van der Waals surface area contributed by atoms with Crippen LogP contribution in [0.3, 0.4) is 0 Å². The Labute approximate surface area is 118 Å². The van der Waals surface area contributed by atoms with Crippen molar-refractivity contribution in [3.05, 3.63) is 57.8 Å². The molecule has 0 amide bonds.